The summed E-state index contributed by atoms with van der Waals surface area (Å²) < 4.78 is 39.8. The summed E-state index contributed by atoms with van der Waals surface area (Å²) in [5.41, 5.74) is 0.0245. The lowest BCUT2D eigenvalue weighted by Gasteiger charge is -2.11. The lowest BCUT2D eigenvalue weighted by Crippen LogP contribution is -2.13. The van der Waals surface area contributed by atoms with Crippen LogP contribution in [0.2, 0.25) is 5.02 Å². The van der Waals surface area contributed by atoms with Gasteiger partial charge in [0.25, 0.3) is 10.0 Å². The van der Waals surface area contributed by atoms with Crippen LogP contribution < -0.4 is 4.72 Å². The summed E-state index contributed by atoms with van der Waals surface area (Å²) in [6.45, 7) is 0. The molecule has 2 N–H and O–H groups in total. The molecule has 4 nitrogen and oxygen atoms in total. The van der Waals surface area contributed by atoms with Gasteiger partial charge >= 0.3 is 0 Å². The molecular weight excluding hydrogens is 373 g/mol. The van der Waals surface area contributed by atoms with Crippen molar-refractivity contribution in [2.75, 3.05) is 4.72 Å². The molecule has 0 aliphatic carbocycles. The normalized spacial score (nSPS) is 11.3. The molecule has 106 valence electrons. The van der Waals surface area contributed by atoms with Gasteiger partial charge in [0.15, 0.2) is 0 Å². The minimum atomic E-state index is -3.94. The summed E-state index contributed by atoms with van der Waals surface area (Å²) in [4.78, 5) is -0.134. The topological polar surface area (TPSA) is 66.4 Å². The van der Waals surface area contributed by atoms with Crippen molar-refractivity contribution in [1.29, 1.82) is 0 Å². The van der Waals surface area contributed by atoms with Gasteiger partial charge in [-0.15, -0.1) is 0 Å². The van der Waals surface area contributed by atoms with Gasteiger partial charge in [-0.05, 0) is 40.2 Å². The molecule has 2 aromatic carbocycles. The van der Waals surface area contributed by atoms with E-state index in [2.05, 4.69) is 20.7 Å². The summed E-state index contributed by atoms with van der Waals surface area (Å²) >= 11 is 8.85. The lowest BCUT2D eigenvalue weighted by atomic mass is 10.3. The number of hydrogen-bond donors (Lipinski definition) is 2. The number of phenols is 1. The smallest absolute Gasteiger partial charge is 0.262 e. The number of aromatic hydroxyl groups is 1. The third kappa shape index (κ3) is 3.23. The Balaban J connectivity index is 2.44. The quantitative estimate of drug-likeness (QED) is 0.852. The van der Waals surface area contributed by atoms with Gasteiger partial charge < -0.3 is 5.11 Å². The van der Waals surface area contributed by atoms with Gasteiger partial charge in [-0.3, -0.25) is 4.72 Å². The van der Waals surface area contributed by atoms with Gasteiger partial charge in [-0.2, -0.15) is 0 Å². The molecule has 0 bridgehead atoms. The fourth-order valence-corrected chi connectivity index (χ4v) is 3.71. The molecule has 20 heavy (non-hydrogen) atoms. The maximum Gasteiger partial charge on any atom is 0.262 e. The van der Waals surface area contributed by atoms with Crippen LogP contribution in [0.1, 0.15) is 0 Å². The Morgan fingerprint density at radius 1 is 1.25 bits per heavy atom. The standard InChI is InChI=1S/C12H8BrClFNO3S/c13-10-4-7(15)5-11(14)12(10)16-20(18,19)9-3-1-2-8(17)6-9/h1-6,16-17H. The monoisotopic (exact) mass is 379 g/mol. The zero-order valence-corrected chi connectivity index (χ0v) is 12.9. The van der Waals surface area contributed by atoms with Crippen molar-refractivity contribution in [1.82, 2.24) is 0 Å². The van der Waals surface area contributed by atoms with Crippen LogP contribution in [0.5, 0.6) is 5.75 Å². The van der Waals surface area contributed by atoms with Crippen molar-refractivity contribution in [3.8, 4) is 5.75 Å². The number of sulfonamides is 1. The number of nitrogens with one attached hydrogen (secondary N) is 1. The number of anilines is 1. The van der Waals surface area contributed by atoms with E-state index in [0.29, 0.717) is 0 Å². The molecule has 0 saturated heterocycles. The Morgan fingerprint density at radius 2 is 1.95 bits per heavy atom. The van der Waals surface area contributed by atoms with Gasteiger partial charge in [-0.25, -0.2) is 12.8 Å². The maximum atomic E-state index is 13.1. The molecule has 0 radical (unpaired) electrons. The second-order valence-corrected chi connectivity index (χ2v) is 6.79. The molecule has 2 aromatic rings. The molecule has 8 heteroatoms. The Labute approximate surface area is 128 Å². The molecule has 0 saturated carbocycles. The predicted octanol–water partition coefficient (Wildman–Crippen LogP) is 3.75. The highest BCUT2D eigenvalue weighted by Gasteiger charge is 2.18. The van der Waals surface area contributed by atoms with Crippen LogP contribution in [-0.4, -0.2) is 13.5 Å². The zero-order valence-electron chi connectivity index (χ0n) is 9.77. The van der Waals surface area contributed by atoms with Crippen molar-refractivity contribution in [3.63, 3.8) is 0 Å². The van der Waals surface area contributed by atoms with Crippen molar-refractivity contribution in [2.24, 2.45) is 0 Å². The largest absolute Gasteiger partial charge is 0.508 e. The molecule has 0 unspecified atom stereocenters. The Kier molecular flexibility index (Phi) is 4.22. The number of rotatable bonds is 3. The highest BCUT2D eigenvalue weighted by molar-refractivity contribution is 9.10. The zero-order chi connectivity index (χ0) is 14.9. The molecular formula is C12H8BrClFNO3S. The van der Waals surface area contributed by atoms with E-state index in [1.54, 1.807) is 0 Å². The van der Waals surface area contributed by atoms with Crippen molar-refractivity contribution >= 4 is 43.2 Å². The third-order valence-corrected chi connectivity index (χ3v) is 4.64. The summed E-state index contributed by atoms with van der Waals surface area (Å²) in [6, 6.07) is 7.23. The molecule has 0 aromatic heterocycles. The van der Waals surface area contributed by atoms with Crippen LogP contribution in [0.4, 0.5) is 10.1 Å². The average Bonchev–Trinajstić information content (AvgIpc) is 2.34. The summed E-state index contributed by atoms with van der Waals surface area (Å²) in [6.07, 6.45) is 0. The minimum absolute atomic E-state index is 0.0245. The second-order valence-electron chi connectivity index (χ2n) is 3.85. The van der Waals surface area contributed by atoms with Crippen molar-refractivity contribution in [3.05, 3.63) is 51.7 Å². The highest BCUT2D eigenvalue weighted by Crippen LogP contribution is 2.33. The van der Waals surface area contributed by atoms with Crippen LogP contribution in [-0.2, 0) is 10.0 Å². The van der Waals surface area contributed by atoms with E-state index in [0.717, 1.165) is 18.2 Å². The van der Waals surface area contributed by atoms with Gasteiger partial charge in [0.05, 0.1) is 15.6 Å². The van der Waals surface area contributed by atoms with Gasteiger partial charge in [0.2, 0.25) is 0 Å². The van der Waals surface area contributed by atoms with Crippen LogP contribution in [0.25, 0.3) is 0 Å². The molecule has 0 aliphatic rings. The first-order valence-corrected chi connectivity index (χ1v) is 7.91. The first kappa shape index (κ1) is 15.1. The second kappa shape index (κ2) is 5.59. The SMILES string of the molecule is O=S(=O)(Nc1c(Cl)cc(F)cc1Br)c1cccc(O)c1. The molecule has 0 amide bonds. The molecule has 0 aliphatic heterocycles. The molecule has 0 atom stereocenters. The number of benzene rings is 2. The number of phenolic OH excluding ortho intramolecular Hbond substituents is 1. The third-order valence-electron chi connectivity index (χ3n) is 2.37. The van der Waals surface area contributed by atoms with Gasteiger partial charge in [-0.1, -0.05) is 17.7 Å². The summed E-state index contributed by atoms with van der Waals surface area (Å²) in [5.74, 6) is -0.778. The fourth-order valence-electron chi connectivity index (χ4n) is 1.48. The highest BCUT2D eigenvalue weighted by atomic mass is 79.9. The van der Waals surface area contributed by atoms with E-state index in [4.69, 9.17) is 11.6 Å². The number of halogens is 3. The van der Waals surface area contributed by atoms with E-state index in [9.17, 15) is 17.9 Å². The van der Waals surface area contributed by atoms with Gasteiger partial charge in [0.1, 0.15) is 11.6 Å². The van der Waals surface area contributed by atoms with E-state index < -0.39 is 15.8 Å². The molecule has 0 fully saturated rings. The Hall–Kier alpha value is -1.31. The average molecular weight is 381 g/mol. The summed E-state index contributed by atoms with van der Waals surface area (Å²) in [5, 5.41) is 9.23. The van der Waals surface area contributed by atoms with Crippen LogP contribution in [0.3, 0.4) is 0 Å². The number of hydrogen-bond acceptors (Lipinski definition) is 3. The van der Waals surface area contributed by atoms with Crippen LogP contribution in [0.15, 0.2) is 45.8 Å². The van der Waals surface area contributed by atoms with E-state index in [1.165, 1.54) is 18.2 Å². The fraction of sp³-hybridized carbons (Fsp3) is 0. The molecule has 0 heterocycles. The minimum Gasteiger partial charge on any atom is -0.508 e. The molecule has 2 rings (SSSR count). The Morgan fingerprint density at radius 3 is 2.55 bits per heavy atom. The van der Waals surface area contributed by atoms with E-state index >= 15 is 0 Å². The predicted molar refractivity (Wildman–Crippen MR) is 78.0 cm³/mol. The summed E-state index contributed by atoms with van der Waals surface area (Å²) in [7, 11) is -3.94. The van der Waals surface area contributed by atoms with Crippen molar-refractivity contribution in [2.45, 2.75) is 4.90 Å². The first-order valence-electron chi connectivity index (χ1n) is 5.26. The Bertz CT molecular complexity index is 744. The lowest BCUT2D eigenvalue weighted by molar-refractivity contribution is 0.473. The maximum absolute atomic E-state index is 13.1. The van der Waals surface area contributed by atoms with Crippen LogP contribution >= 0.6 is 27.5 Å². The molecule has 0 spiro atoms. The first-order chi connectivity index (χ1) is 9.29. The van der Waals surface area contributed by atoms with E-state index in [1.807, 2.05) is 0 Å². The van der Waals surface area contributed by atoms with Crippen LogP contribution in [0, 0.1) is 5.82 Å². The van der Waals surface area contributed by atoms with Gasteiger partial charge in [0, 0.05) is 10.5 Å². The van der Waals surface area contributed by atoms with Crippen molar-refractivity contribution < 1.29 is 17.9 Å². The van der Waals surface area contributed by atoms with E-state index in [-0.39, 0.29) is 25.8 Å².